The lowest BCUT2D eigenvalue weighted by atomic mass is 10.1. The Hall–Kier alpha value is -2.63. The summed E-state index contributed by atoms with van der Waals surface area (Å²) in [6.45, 7) is 6.36. The maximum atomic E-state index is 12.5. The van der Waals surface area contributed by atoms with E-state index < -0.39 is 6.10 Å². The smallest absolute Gasteiger partial charge is 0.306 e. The second kappa shape index (κ2) is 36.2. The monoisotopic (exact) mass is 659 g/mol. The molecule has 47 heavy (non-hydrogen) atoms. The normalized spacial score (nSPS) is 12.5. The molecule has 0 heterocycles. The summed E-state index contributed by atoms with van der Waals surface area (Å²) in [5.41, 5.74) is 0. The van der Waals surface area contributed by atoms with E-state index in [-0.39, 0.29) is 31.1 Å². The molecule has 0 rings (SSSR count). The highest BCUT2D eigenvalue weighted by atomic mass is 16.6. The van der Waals surface area contributed by atoms with Crippen LogP contribution < -0.4 is 0 Å². The van der Waals surface area contributed by atoms with Gasteiger partial charge >= 0.3 is 17.9 Å². The second-order valence-corrected chi connectivity index (χ2v) is 12.5. The van der Waals surface area contributed by atoms with E-state index in [1.807, 2.05) is 0 Å². The SMILES string of the molecule is CC/C=C\C/C=C\C/C=C\C/C=C\CCCCC(=O)OCC(COC(=O)CCCCCCCC)OC(=O)CCCCCCCCCC. The molecule has 1 unspecified atom stereocenters. The predicted octanol–water partition coefficient (Wildman–Crippen LogP) is 11.6. The second-order valence-electron chi connectivity index (χ2n) is 12.5. The quantitative estimate of drug-likeness (QED) is 0.0302. The van der Waals surface area contributed by atoms with Crippen LogP contribution in [0.3, 0.4) is 0 Å². The third kappa shape index (κ3) is 34.5. The highest BCUT2D eigenvalue weighted by Gasteiger charge is 2.19. The van der Waals surface area contributed by atoms with E-state index >= 15 is 0 Å². The van der Waals surface area contributed by atoms with Crippen molar-refractivity contribution < 1.29 is 28.6 Å². The van der Waals surface area contributed by atoms with E-state index in [0.29, 0.717) is 19.3 Å². The summed E-state index contributed by atoms with van der Waals surface area (Å²) in [5.74, 6) is -0.952. The van der Waals surface area contributed by atoms with Crippen molar-refractivity contribution in [3.8, 4) is 0 Å². The first-order valence-corrected chi connectivity index (χ1v) is 19.1. The molecule has 1 atom stereocenters. The molecule has 0 aromatic heterocycles. The van der Waals surface area contributed by atoms with Crippen LogP contribution in [0.4, 0.5) is 0 Å². The first kappa shape index (κ1) is 44.4. The number of carbonyl (C=O) groups excluding carboxylic acids is 3. The minimum Gasteiger partial charge on any atom is -0.462 e. The molecule has 0 aromatic rings. The van der Waals surface area contributed by atoms with Crippen LogP contribution in [0.1, 0.15) is 175 Å². The van der Waals surface area contributed by atoms with Crippen molar-refractivity contribution in [3.63, 3.8) is 0 Å². The Kier molecular flexibility index (Phi) is 34.2. The minimum atomic E-state index is -0.779. The maximum Gasteiger partial charge on any atom is 0.306 e. The van der Waals surface area contributed by atoms with Crippen molar-refractivity contribution >= 4 is 17.9 Å². The Morgan fingerprint density at radius 3 is 1.30 bits per heavy atom. The zero-order chi connectivity index (χ0) is 34.5. The van der Waals surface area contributed by atoms with Gasteiger partial charge in [0.15, 0.2) is 6.10 Å². The fourth-order valence-corrected chi connectivity index (χ4v) is 4.96. The molecular weight excluding hydrogens is 588 g/mol. The number of unbranched alkanes of at least 4 members (excludes halogenated alkanes) is 14. The Labute approximate surface area is 288 Å². The molecule has 0 aromatic carbocycles. The average Bonchev–Trinajstić information content (AvgIpc) is 3.06. The molecule has 0 amide bonds. The molecule has 0 fully saturated rings. The van der Waals surface area contributed by atoms with Gasteiger partial charge in [0, 0.05) is 19.3 Å². The lowest BCUT2D eigenvalue weighted by Gasteiger charge is -2.18. The Morgan fingerprint density at radius 2 is 0.830 bits per heavy atom. The number of hydrogen-bond donors (Lipinski definition) is 0. The maximum absolute atomic E-state index is 12.5. The minimum absolute atomic E-state index is 0.0864. The van der Waals surface area contributed by atoms with Gasteiger partial charge < -0.3 is 14.2 Å². The third-order valence-corrected chi connectivity index (χ3v) is 7.85. The fraction of sp³-hybridized carbons (Fsp3) is 0.732. The summed E-state index contributed by atoms with van der Waals surface area (Å²) >= 11 is 0. The van der Waals surface area contributed by atoms with Crippen LogP contribution >= 0.6 is 0 Å². The van der Waals surface area contributed by atoms with Crippen molar-refractivity contribution in [2.45, 2.75) is 181 Å². The van der Waals surface area contributed by atoms with E-state index in [9.17, 15) is 14.4 Å². The van der Waals surface area contributed by atoms with Gasteiger partial charge in [0.05, 0.1) is 0 Å². The lowest BCUT2D eigenvalue weighted by Crippen LogP contribution is -2.30. The molecule has 0 saturated carbocycles. The zero-order valence-corrected chi connectivity index (χ0v) is 30.5. The van der Waals surface area contributed by atoms with Crippen molar-refractivity contribution in [1.82, 2.24) is 0 Å². The highest BCUT2D eigenvalue weighted by molar-refractivity contribution is 5.71. The number of hydrogen-bond acceptors (Lipinski definition) is 6. The van der Waals surface area contributed by atoms with Gasteiger partial charge in [-0.3, -0.25) is 14.4 Å². The Bertz CT molecular complexity index is 856. The van der Waals surface area contributed by atoms with Gasteiger partial charge in [-0.15, -0.1) is 0 Å². The van der Waals surface area contributed by atoms with Crippen molar-refractivity contribution in [2.24, 2.45) is 0 Å². The molecule has 270 valence electrons. The van der Waals surface area contributed by atoms with E-state index in [1.54, 1.807) is 0 Å². The molecular formula is C41H70O6. The van der Waals surface area contributed by atoms with Gasteiger partial charge in [0.25, 0.3) is 0 Å². The summed E-state index contributed by atoms with van der Waals surface area (Å²) in [7, 11) is 0. The number of rotatable bonds is 33. The molecule has 6 heteroatoms. The largest absolute Gasteiger partial charge is 0.462 e. The van der Waals surface area contributed by atoms with E-state index in [4.69, 9.17) is 14.2 Å². The Morgan fingerprint density at radius 1 is 0.447 bits per heavy atom. The highest BCUT2D eigenvalue weighted by Crippen LogP contribution is 2.12. The van der Waals surface area contributed by atoms with Crippen LogP contribution in [0, 0.1) is 0 Å². The van der Waals surface area contributed by atoms with Crippen molar-refractivity contribution in [2.75, 3.05) is 13.2 Å². The van der Waals surface area contributed by atoms with E-state index in [2.05, 4.69) is 69.4 Å². The Balaban J connectivity index is 4.37. The van der Waals surface area contributed by atoms with Crippen LogP contribution in [0.5, 0.6) is 0 Å². The van der Waals surface area contributed by atoms with Gasteiger partial charge in [0.1, 0.15) is 13.2 Å². The zero-order valence-electron chi connectivity index (χ0n) is 30.5. The molecule has 0 N–H and O–H groups in total. The van der Waals surface area contributed by atoms with Crippen LogP contribution in [0.25, 0.3) is 0 Å². The van der Waals surface area contributed by atoms with Crippen LogP contribution in [0.15, 0.2) is 48.6 Å². The summed E-state index contributed by atoms with van der Waals surface area (Å²) in [6, 6.07) is 0. The van der Waals surface area contributed by atoms with E-state index in [0.717, 1.165) is 83.5 Å². The number of allylic oxidation sites excluding steroid dienone is 8. The van der Waals surface area contributed by atoms with Crippen LogP contribution in [0.2, 0.25) is 0 Å². The lowest BCUT2D eigenvalue weighted by molar-refractivity contribution is -0.167. The molecule has 0 aliphatic rings. The molecule has 6 nitrogen and oxygen atoms in total. The van der Waals surface area contributed by atoms with Gasteiger partial charge in [-0.25, -0.2) is 0 Å². The molecule has 0 radical (unpaired) electrons. The summed E-state index contributed by atoms with van der Waals surface area (Å²) < 4.78 is 16.5. The van der Waals surface area contributed by atoms with Gasteiger partial charge in [-0.05, 0) is 57.8 Å². The fourth-order valence-electron chi connectivity index (χ4n) is 4.96. The van der Waals surface area contributed by atoms with Crippen molar-refractivity contribution in [1.29, 1.82) is 0 Å². The van der Waals surface area contributed by atoms with Crippen LogP contribution in [-0.4, -0.2) is 37.2 Å². The molecule has 0 bridgehead atoms. The average molecular weight is 659 g/mol. The third-order valence-electron chi connectivity index (χ3n) is 7.85. The first-order valence-electron chi connectivity index (χ1n) is 19.1. The molecule has 0 aliphatic carbocycles. The molecule has 0 saturated heterocycles. The van der Waals surface area contributed by atoms with Crippen molar-refractivity contribution in [3.05, 3.63) is 48.6 Å². The summed E-state index contributed by atoms with van der Waals surface area (Å²) in [4.78, 5) is 37.2. The van der Waals surface area contributed by atoms with E-state index in [1.165, 1.54) is 51.4 Å². The summed E-state index contributed by atoms with van der Waals surface area (Å²) in [5, 5.41) is 0. The summed E-state index contributed by atoms with van der Waals surface area (Å²) in [6.07, 6.45) is 39.8. The number of carbonyl (C=O) groups is 3. The standard InChI is InChI=1S/C41H70O6/c1-4-7-10-13-16-18-19-20-21-22-23-24-26-28-31-34-40(43)46-37-38(36-45-39(42)33-30-27-15-12-9-6-3)47-41(44)35-32-29-25-17-14-11-8-5-2/h7,10,16,18,20-21,23-24,38H,4-6,8-9,11-15,17,19,22,25-37H2,1-3H3/b10-7-,18-16-,21-20-,24-23-. The van der Waals surface area contributed by atoms with Gasteiger partial charge in [0.2, 0.25) is 0 Å². The topological polar surface area (TPSA) is 78.9 Å². The molecule has 0 aliphatic heterocycles. The predicted molar refractivity (Wildman–Crippen MR) is 196 cm³/mol. The van der Waals surface area contributed by atoms with Crippen LogP contribution in [-0.2, 0) is 28.6 Å². The number of esters is 3. The number of ether oxygens (including phenoxy) is 3. The van der Waals surface area contributed by atoms with Gasteiger partial charge in [-0.2, -0.15) is 0 Å². The van der Waals surface area contributed by atoms with Gasteiger partial charge in [-0.1, -0.05) is 146 Å². The first-order chi connectivity index (χ1) is 23.0. The molecule has 0 spiro atoms.